The molecule has 25 heavy (non-hydrogen) atoms. The van der Waals surface area contributed by atoms with Gasteiger partial charge in [0.15, 0.2) is 0 Å². The second-order valence-corrected chi connectivity index (χ2v) is 5.56. The molecule has 2 aromatic carbocycles. The lowest BCUT2D eigenvalue weighted by atomic mass is 10.0. The Balaban J connectivity index is 1.95. The number of aryl methyl sites for hydroxylation is 1. The molecular formula is C18H19F3N2O2. The van der Waals surface area contributed by atoms with Crippen molar-refractivity contribution in [3.8, 4) is 5.75 Å². The molecule has 1 atom stereocenters. The average molecular weight is 352 g/mol. The van der Waals surface area contributed by atoms with Crippen molar-refractivity contribution in [1.29, 1.82) is 0 Å². The number of rotatable bonds is 5. The van der Waals surface area contributed by atoms with E-state index in [-0.39, 0.29) is 23.9 Å². The molecule has 2 aromatic rings. The lowest BCUT2D eigenvalue weighted by molar-refractivity contribution is -0.274. The number of alkyl halides is 3. The molecule has 0 aliphatic rings. The van der Waals surface area contributed by atoms with Gasteiger partial charge in [0.1, 0.15) is 5.75 Å². The molecule has 0 unspecified atom stereocenters. The SMILES string of the molecule is Cc1ccccc1[C@@H](C)NC(=O)NCc1ccccc1OC(F)(F)F. The van der Waals surface area contributed by atoms with Gasteiger partial charge in [0.05, 0.1) is 6.04 Å². The van der Waals surface area contributed by atoms with Crippen LogP contribution in [0.2, 0.25) is 0 Å². The molecular weight excluding hydrogens is 333 g/mol. The summed E-state index contributed by atoms with van der Waals surface area (Å²) < 4.78 is 41.1. The van der Waals surface area contributed by atoms with Gasteiger partial charge in [-0.3, -0.25) is 0 Å². The van der Waals surface area contributed by atoms with Crippen LogP contribution in [0, 0.1) is 6.92 Å². The van der Waals surface area contributed by atoms with Gasteiger partial charge in [0.2, 0.25) is 0 Å². The van der Waals surface area contributed by atoms with Gasteiger partial charge in [-0.1, -0.05) is 42.5 Å². The minimum Gasteiger partial charge on any atom is -0.405 e. The van der Waals surface area contributed by atoms with Crippen LogP contribution in [0.1, 0.15) is 29.7 Å². The molecule has 0 heterocycles. The van der Waals surface area contributed by atoms with Gasteiger partial charge >= 0.3 is 12.4 Å². The van der Waals surface area contributed by atoms with E-state index in [0.717, 1.165) is 11.1 Å². The summed E-state index contributed by atoms with van der Waals surface area (Å²) in [5.41, 5.74) is 2.25. The van der Waals surface area contributed by atoms with E-state index in [1.165, 1.54) is 18.2 Å². The first-order chi connectivity index (χ1) is 11.8. The number of carbonyl (C=O) groups excluding carboxylic acids is 1. The summed E-state index contributed by atoms with van der Waals surface area (Å²) in [4.78, 5) is 12.0. The lowest BCUT2D eigenvalue weighted by Crippen LogP contribution is -2.37. The number of carbonyl (C=O) groups is 1. The van der Waals surface area contributed by atoms with Gasteiger partial charge in [-0.15, -0.1) is 13.2 Å². The van der Waals surface area contributed by atoms with Crippen molar-refractivity contribution >= 4 is 6.03 Å². The number of hydrogen-bond donors (Lipinski definition) is 2. The molecule has 7 heteroatoms. The standard InChI is InChI=1S/C18H19F3N2O2/c1-12-7-3-5-9-15(12)13(2)23-17(24)22-11-14-8-4-6-10-16(14)25-18(19,20)21/h3-10,13H,11H2,1-2H3,(H2,22,23,24)/t13-/m1/s1. The van der Waals surface area contributed by atoms with E-state index in [1.54, 1.807) is 6.07 Å². The summed E-state index contributed by atoms with van der Waals surface area (Å²) in [6, 6.07) is 12.6. The van der Waals surface area contributed by atoms with E-state index in [2.05, 4.69) is 15.4 Å². The largest absolute Gasteiger partial charge is 0.573 e. The number of benzene rings is 2. The van der Waals surface area contributed by atoms with Crippen molar-refractivity contribution in [3.63, 3.8) is 0 Å². The summed E-state index contributed by atoms with van der Waals surface area (Å²) in [7, 11) is 0. The Morgan fingerprint density at radius 2 is 1.76 bits per heavy atom. The summed E-state index contributed by atoms with van der Waals surface area (Å²) >= 11 is 0. The Morgan fingerprint density at radius 1 is 1.12 bits per heavy atom. The maximum absolute atomic E-state index is 12.4. The third kappa shape index (κ3) is 5.70. The van der Waals surface area contributed by atoms with Crippen LogP contribution in [0.3, 0.4) is 0 Å². The third-order valence-corrected chi connectivity index (χ3v) is 3.64. The van der Waals surface area contributed by atoms with E-state index in [9.17, 15) is 18.0 Å². The van der Waals surface area contributed by atoms with Crippen LogP contribution in [0.25, 0.3) is 0 Å². The first-order valence-electron chi connectivity index (χ1n) is 7.70. The van der Waals surface area contributed by atoms with Crippen LogP contribution in [-0.4, -0.2) is 12.4 Å². The molecule has 0 radical (unpaired) electrons. The van der Waals surface area contributed by atoms with Crippen LogP contribution in [0.5, 0.6) is 5.75 Å². The van der Waals surface area contributed by atoms with Gasteiger partial charge in [-0.25, -0.2) is 4.79 Å². The van der Waals surface area contributed by atoms with Crippen molar-refractivity contribution in [2.45, 2.75) is 32.8 Å². The normalized spacial score (nSPS) is 12.4. The van der Waals surface area contributed by atoms with Gasteiger partial charge in [0, 0.05) is 12.1 Å². The first kappa shape index (κ1) is 18.6. The zero-order valence-corrected chi connectivity index (χ0v) is 13.9. The molecule has 0 aliphatic carbocycles. The van der Waals surface area contributed by atoms with E-state index < -0.39 is 12.4 Å². The second kappa shape index (κ2) is 7.92. The number of para-hydroxylation sites is 1. The molecule has 0 saturated heterocycles. The fourth-order valence-electron chi connectivity index (χ4n) is 2.45. The predicted molar refractivity (Wildman–Crippen MR) is 88.1 cm³/mol. The van der Waals surface area contributed by atoms with Crippen molar-refractivity contribution < 1.29 is 22.7 Å². The Bertz CT molecular complexity index is 732. The van der Waals surface area contributed by atoms with Crippen molar-refractivity contribution in [3.05, 3.63) is 65.2 Å². The molecule has 0 aliphatic heterocycles. The smallest absolute Gasteiger partial charge is 0.405 e. The lowest BCUT2D eigenvalue weighted by Gasteiger charge is -2.18. The van der Waals surface area contributed by atoms with Gasteiger partial charge in [0.25, 0.3) is 0 Å². The molecule has 4 nitrogen and oxygen atoms in total. The van der Waals surface area contributed by atoms with Gasteiger partial charge in [-0.05, 0) is 31.0 Å². The number of hydrogen-bond acceptors (Lipinski definition) is 2. The quantitative estimate of drug-likeness (QED) is 0.835. The molecule has 2 N–H and O–H groups in total. The van der Waals surface area contributed by atoms with Crippen LogP contribution < -0.4 is 15.4 Å². The molecule has 134 valence electrons. The van der Waals surface area contributed by atoms with Crippen LogP contribution >= 0.6 is 0 Å². The van der Waals surface area contributed by atoms with Crippen molar-refractivity contribution in [2.75, 3.05) is 0 Å². The summed E-state index contributed by atoms with van der Waals surface area (Å²) in [6.45, 7) is 3.69. The molecule has 0 spiro atoms. The second-order valence-electron chi connectivity index (χ2n) is 5.56. The number of nitrogens with one attached hydrogen (secondary N) is 2. The number of halogens is 3. The van der Waals surface area contributed by atoms with Crippen LogP contribution in [0.15, 0.2) is 48.5 Å². The minimum absolute atomic E-state index is 0.0847. The zero-order chi connectivity index (χ0) is 18.4. The predicted octanol–water partition coefficient (Wildman–Crippen LogP) is 4.45. The molecule has 0 fully saturated rings. The average Bonchev–Trinajstić information content (AvgIpc) is 2.53. The third-order valence-electron chi connectivity index (χ3n) is 3.64. The van der Waals surface area contributed by atoms with Crippen LogP contribution in [-0.2, 0) is 6.54 Å². The summed E-state index contributed by atoms with van der Waals surface area (Å²) in [5, 5.41) is 5.31. The highest BCUT2D eigenvalue weighted by molar-refractivity contribution is 5.74. The highest BCUT2D eigenvalue weighted by atomic mass is 19.4. The molecule has 0 bridgehead atoms. The Hall–Kier alpha value is -2.70. The number of urea groups is 1. The fraction of sp³-hybridized carbons (Fsp3) is 0.278. The summed E-state index contributed by atoms with van der Waals surface area (Å²) in [6.07, 6.45) is -4.78. The highest BCUT2D eigenvalue weighted by Crippen LogP contribution is 2.26. The number of ether oxygens (including phenoxy) is 1. The van der Waals surface area contributed by atoms with E-state index in [4.69, 9.17) is 0 Å². The first-order valence-corrected chi connectivity index (χ1v) is 7.70. The Kier molecular flexibility index (Phi) is 5.90. The molecule has 0 saturated carbocycles. The minimum atomic E-state index is -4.78. The van der Waals surface area contributed by atoms with Crippen molar-refractivity contribution in [1.82, 2.24) is 10.6 Å². The maximum Gasteiger partial charge on any atom is 0.573 e. The molecule has 0 aromatic heterocycles. The van der Waals surface area contributed by atoms with Gasteiger partial charge in [-0.2, -0.15) is 0 Å². The zero-order valence-electron chi connectivity index (χ0n) is 13.9. The Morgan fingerprint density at radius 3 is 2.44 bits per heavy atom. The fourth-order valence-corrected chi connectivity index (χ4v) is 2.45. The number of amides is 2. The van der Waals surface area contributed by atoms with Crippen molar-refractivity contribution in [2.24, 2.45) is 0 Å². The van der Waals surface area contributed by atoms with E-state index in [0.29, 0.717) is 0 Å². The highest BCUT2D eigenvalue weighted by Gasteiger charge is 2.32. The van der Waals surface area contributed by atoms with E-state index >= 15 is 0 Å². The monoisotopic (exact) mass is 352 g/mol. The van der Waals surface area contributed by atoms with Gasteiger partial charge < -0.3 is 15.4 Å². The Labute approximate surface area is 144 Å². The molecule has 2 rings (SSSR count). The van der Waals surface area contributed by atoms with E-state index in [1.807, 2.05) is 38.1 Å². The maximum atomic E-state index is 12.4. The topological polar surface area (TPSA) is 50.4 Å². The van der Waals surface area contributed by atoms with Crippen LogP contribution in [0.4, 0.5) is 18.0 Å². The summed E-state index contributed by atoms with van der Waals surface area (Å²) in [5.74, 6) is -0.331. The molecule has 2 amide bonds.